The summed E-state index contributed by atoms with van der Waals surface area (Å²) in [6.07, 6.45) is -0.0108. The number of phenolic OH excluding ortho intramolecular Hbond substituents is 1. The van der Waals surface area contributed by atoms with Crippen LogP contribution in [0.3, 0.4) is 0 Å². The summed E-state index contributed by atoms with van der Waals surface area (Å²) in [5, 5.41) is 45.7. The Morgan fingerprint density at radius 1 is 1.07 bits per heavy atom. The number of rotatable bonds is 6. The first-order valence-corrected chi connectivity index (χ1v) is 14.8. The van der Waals surface area contributed by atoms with Gasteiger partial charge in [0.2, 0.25) is 5.78 Å². The Morgan fingerprint density at radius 3 is 2.26 bits per heavy atom. The Kier molecular flexibility index (Phi) is 7.07. The number of aliphatic hydroxyl groups excluding tert-OH is 2. The van der Waals surface area contributed by atoms with E-state index in [2.05, 4.69) is 4.72 Å². The monoisotopic (exact) mass is 612 g/mol. The maximum absolute atomic E-state index is 14.1. The van der Waals surface area contributed by atoms with Gasteiger partial charge >= 0.3 is 0 Å². The number of nitrogens with zero attached hydrogens (tertiary/aromatic N) is 2. The topological polar surface area (TPSA) is 211 Å². The number of fused-ring (bicyclic) bond motifs is 3. The zero-order chi connectivity index (χ0) is 31.8. The van der Waals surface area contributed by atoms with Gasteiger partial charge in [0, 0.05) is 31.3 Å². The van der Waals surface area contributed by atoms with E-state index >= 15 is 0 Å². The van der Waals surface area contributed by atoms with Gasteiger partial charge in [-0.15, -0.1) is 0 Å². The number of amides is 1. The van der Waals surface area contributed by atoms with Crippen molar-refractivity contribution in [1.29, 1.82) is 0 Å². The first-order valence-electron chi connectivity index (χ1n) is 13.3. The number of phenols is 1. The van der Waals surface area contributed by atoms with Crippen molar-refractivity contribution in [3.05, 3.63) is 64.4 Å². The van der Waals surface area contributed by atoms with E-state index in [-0.39, 0.29) is 34.6 Å². The third kappa shape index (κ3) is 4.36. The number of ketones is 2. The number of aromatic hydroxyl groups is 1. The minimum Gasteiger partial charge on any atom is -0.508 e. The molecule has 2 aromatic carbocycles. The molecule has 1 unspecified atom stereocenters. The number of sulfonamides is 1. The number of nitrogens with two attached hydrogens (primary N) is 1. The summed E-state index contributed by atoms with van der Waals surface area (Å²) in [4.78, 5) is 42.5. The number of carbonyl (C=O) groups is 3. The Balaban J connectivity index is 1.72. The maximum Gasteiger partial charge on any atom is 0.262 e. The third-order valence-electron chi connectivity index (χ3n) is 8.48. The molecule has 0 aromatic heterocycles. The van der Waals surface area contributed by atoms with Crippen molar-refractivity contribution >= 4 is 44.6 Å². The second-order valence-electron chi connectivity index (χ2n) is 11.4. The highest BCUT2D eigenvalue weighted by Gasteiger charge is 2.64. The van der Waals surface area contributed by atoms with Crippen molar-refractivity contribution in [3.63, 3.8) is 0 Å². The second-order valence-corrected chi connectivity index (χ2v) is 13.1. The normalized spacial score (nSPS) is 25.3. The van der Waals surface area contributed by atoms with Crippen LogP contribution in [0.25, 0.3) is 5.76 Å². The minimum atomic E-state index is -4.18. The largest absolute Gasteiger partial charge is 0.508 e. The molecule has 0 saturated heterocycles. The van der Waals surface area contributed by atoms with Crippen molar-refractivity contribution in [2.45, 2.75) is 29.4 Å². The van der Waals surface area contributed by atoms with Crippen LogP contribution >= 0.6 is 0 Å². The number of Topliss-reactive ketones (excluding diaryl/α,β-unsaturated/α-hetero) is 2. The Labute approximate surface area is 247 Å². The lowest BCUT2D eigenvalue weighted by Crippen LogP contribution is -2.65. The molecule has 5 rings (SSSR count). The van der Waals surface area contributed by atoms with Crippen molar-refractivity contribution in [1.82, 2.24) is 4.90 Å². The highest BCUT2D eigenvalue weighted by molar-refractivity contribution is 7.92. The average molecular weight is 613 g/mol. The number of hydrogen-bond donors (Lipinski definition) is 6. The molecule has 3 aliphatic carbocycles. The number of aliphatic hydroxyl groups is 3. The lowest BCUT2D eigenvalue weighted by Gasteiger charge is -2.50. The first kappa shape index (κ1) is 30.1. The van der Waals surface area contributed by atoms with Crippen molar-refractivity contribution < 1.29 is 43.2 Å². The summed E-state index contributed by atoms with van der Waals surface area (Å²) >= 11 is 0. The molecule has 1 fully saturated rings. The molecule has 43 heavy (non-hydrogen) atoms. The smallest absolute Gasteiger partial charge is 0.262 e. The van der Waals surface area contributed by atoms with E-state index in [4.69, 9.17) is 5.73 Å². The molecular formula is C29H32N4O9S. The molecule has 7 N–H and O–H groups in total. The molecule has 0 spiro atoms. The van der Waals surface area contributed by atoms with Crippen LogP contribution < -0.4 is 15.4 Å². The van der Waals surface area contributed by atoms with Crippen LogP contribution in [0.5, 0.6) is 5.75 Å². The minimum absolute atomic E-state index is 0.0569. The van der Waals surface area contributed by atoms with Gasteiger partial charge in [-0.05, 0) is 56.6 Å². The van der Waals surface area contributed by atoms with Crippen LogP contribution in [0, 0.1) is 11.8 Å². The van der Waals surface area contributed by atoms with Gasteiger partial charge in [-0.3, -0.25) is 24.0 Å². The summed E-state index contributed by atoms with van der Waals surface area (Å²) < 4.78 is 28.5. The van der Waals surface area contributed by atoms with Gasteiger partial charge in [0.15, 0.2) is 17.1 Å². The van der Waals surface area contributed by atoms with E-state index < -0.39 is 73.8 Å². The Bertz CT molecular complexity index is 1750. The highest BCUT2D eigenvalue weighted by atomic mass is 32.2. The molecule has 0 aliphatic heterocycles. The zero-order valence-electron chi connectivity index (χ0n) is 23.8. The number of hydrogen-bond acceptors (Lipinski definition) is 11. The molecule has 3 aliphatic rings. The fraction of sp³-hybridized carbons (Fsp3) is 0.345. The van der Waals surface area contributed by atoms with Gasteiger partial charge < -0.3 is 31.1 Å². The van der Waals surface area contributed by atoms with E-state index in [1.54, 1.807) is 25.1 Å². The molecule has 0 radical (unpaired) electrons. The van der Waals surface area contributed by atoms with Crippen molar-refractivity contribution in [2.75, 3.05) is 37.8 Å². The lowest BCUT2D eigenvalue weighted by atomic mass is 9.57. The number of carbonyl (C=O) groups excluding carboxylic acids is 3. The van der Waals surface area contributed by atoms with Crippen molar-refractivity contribution in [3.8, 4) is 5.75 Å². The lowest BCUT2D eigenvalue weighted by molar-refractivity contribution is -0.153. The summed E-state index contributed by atoms with van der Waals surface area (Å²) in [6, 6.07) is 7.64. The molecule has 4 atom stereocenters. The maximum atomic E-state index is 14.1. The van der Waals surface area contributed by atoms with Gasteiger partial charge in [-0.1, -0.05) is 18.2 Å². The van der Waals surface area contributed by atoms with Crippen LogP contribution in [0.1, 0.15) is 17.5 Å². The average Bonchev–Trinajstić information content (AvgIpc) is 2.92. The summed E-state index contributed by atoms with van der Waals surface area (Å²) in [5.74, 6) is -7.88. The quantitative estimate of drug-likeness (QED) is 0.199. The molecule has 228 valence electrons. The van der Waals surface area contributed by atoms with Gasteiger partial charge in [-0.25, -0.2) is 8.42 Å². The number of benzene rings is 2. The van der Waals surface area contributed by atoms with Crippen LogP contribution in [-0.2, 0) is 30.8 Å². The molecular weight excluding hydrogens is 580 g/mol. The van der Waals surface area contributed by atoms with E-state index in [1.807, 2.05) is 0 Å². The van der Waals surface area contributed by atoms with Crippen LogP contribution in [-0.4, -0.2) is 91.1 Å². The summed E-state index contributed by atoms with van der Waals surface area (Å²) in [6.45, 7) is 0. The van der Waals surface area contributed by atoms with E-state index in [0.717, 1.165) is 0 Å². The number of nitrogens with one attached hydrogen (secondary N) is 1. The van der Waals surface area contributed by atoms with Crippen LogP contribution in [0.15, 0.2) is 58.2 Å². The summed E-state index contributed by atoms with van der Waals surface area (Å²) in [5.41, 5.74) is 1.66. The van der Waals surface area contributed by atoms with Gasteiger partial charge in [0.25, 0.3) is 15.9 Å². The number of anilines is 2. The van der Waals surface area contributed by atoms with E-state index in [0.29, 0.717) is 11.3 Å². The van der Waals surface area contributed by atoms with Gasteiger partial charge in [0.05, 0.1) is 22.2 Å². The van der Waals surface area contributed by atoms with Crippen LogP contribution in [0.2, 0.25) is 0 Å². The second kappa shape index (κ2) is 10.1. The molecule has 1 amide bonds. The predicted molar refractivity (Wildman–Crippen MR) is 156 cm³/mol. The fourth-order valence-corrected chi connectivity index (χ4v) is 7.65. The van der Waals surface area contributed by atoms with Gasteiger partial charge in [0.1, 0.15) is 17.1 Å². The SMILES string of the molecule is CN(C)c1cc(NS(=O)(=O)c2ccccc2)c(O)c2c1C[C@@H]1C[C@@H]3C(N(C)C)C(=O)C(C(N)=O)=C(O)[C@]3(O)C(=O)C1=C2O. The zero-order valence-corrected chi connectivity index (χ0v) is 24.6. The third-order valence-corrected chi connectivity index (χ3v) is 9.86. The standard InChI is InChI=1S/C29H32N4O9S/c1-32(2)18-12-17(31-43(41,42)14-8-6-5-7-9-14)23(34)20-15(18)10-13-11-16-22(33(3)4)25(36)21(28(30)39)27(38)29(16,40)26(37)19(13)24(20)35/h5-9,12-13,16,22,31,34-35,38,40H,10-11H2,1-4H3,(H2,30,39)/t13-,16-,22?,29-/m1/s1. The molecule has 1 saturated carbocycles. The molecule has 13 nitrogen and oxygen atoms in total. The molecule has 2 aromatic rings. The predicted octanol–water partition coefficient (Wildman–Crippen LogP) is 0.831. The van der Waals surface area contributed by atoms with E-state index in [9.17, 15) is 43.2 Å². The Hall–Kier alpha value is -4.40. The van der Waals surface area contributed by atoms with Gasteiger partial charge in [-0.2, -0.15) is 0 Å². The Morgan fingerprint density at radius 2 is 1.70 bits per heavy atom. The molecule has 0 heterocycles. The first-order chi connectivity index (χ1) is 20.0. The van der Waals surface area contributed by atoms with E-state index in [1.165, 1.54) is 49.3 Å². The highest BCUT2D eigenvalue weighted by Crippen LogP contribution is 2.54. The fourth-order valence-electron chi connectivity index (χ4n) is 6.57. The van der Waals surface area contributed by atoms with Crippen molar-refractivity contribution in [2.24, 2.45) is 17.6 Å². The van der Waals surface area contributed by atoms with Crippen LogP contribution in [0.4, 0.5) is 11.4 Å². The summed E-state index contributed by atoms with van der Waals surface area (Å²) in [7, 11) is 2.23. The number of primary amides is 1. The molecule has 14 heteroatoms. The molecule has 0 bridgehead atoms. The number of likely N-dealkylation sites (N-methyl/N-ethyl adjacent to an activating group) is 1.